The smallest absolute Gasteiger partial charge is 0.252 e. The molecule has 0 radical (unpaired) electrons. The summed E-state index contributed by atoms with van der Waals surface area (Å²) < 4.78 is 25.5. The van der Waals surface area contributed by atoms with E-state index in [1.807, 2.05) is 13.8 Å². The Bertz CT molecular complexity index is 822. The van der Waals surface area contributed by atoms with Crippen LogP contribution in [-0.2, 0) is 9.84 Å². The Kier molecular flexibility index (Phi) is 4.76. The molecule has 2 aromatic heterocycles. The van der Waals surface area contributed by atoms with Crippen molar-refractivity contribution in [2.45, 2.75) is 57.0 Å². The average Bonchev–Trinajstić information content (AvgIpc) is 2.97. The van der Waals surface area contributed by atoms with Gasteiger partial charge in [-0.15, -0.1) is 0 Å². The molecule has 1 saturated carbocycles. The number of nitrogens with one attached hydrogen (secondary N) is 1. The minimum atomic E-state index is -3.48. The van der Waals surface area contributed by atoms with Gasteiger partial charge in [0, 0.05) is 18.4 Å². The summed E-state index contributed by atoms with van der Waals surface area (Å²) in [6.45, 7) is 4.86. The molecule has 1 aliphatic carbocycles. The Morgan fingerprint density at radius 2 is 1.96 bits per heavy atom. The second-order valence-corrected chi connectivity index (χ2v) is 8.89. The summed E-state index contributed by atoms with van der Waals surface area (Å²) in [5, 5.41) is 7.52. The van der Waals surface area contributed by atoms with E-state index < -0.39 is 9.84 Å². The minimum Gasteiger partial charge on any atom is -0.354 e. The number of hydrogen-bond acceptors (Lipinski definition) is 6. The highest BCUT2D eigenvalue weighted by atomic mass is 32.2. The van der Waals surface area contributed by atoms with Gasteiger partial charge in [-0.25, -0.2) is 8.42 Å². The van der Waals surface area contributed by atoms with Crippen LogP contribution in [0.3, 0.4) is 0 Å². The van der Waals surface area contributed by atoms with E-state index in [1.54, 1.807) is 10.7 Å². The number of fused-ring (bicyclic) bond motifs is 1. The summed E-state index contributed by atoms with van der Waals surface area (Å²) in [7, 11) is -3.48. The maximum Gasteiger partial charge on any atom is 0.252 e. The molecule has 24 heavy (non-hydrogen) atoms. The van der Waals surface area contributed by atoms with Crippen LogP contribution in [0.1, 0.15) is 57.4 Å². The maximum absolute atomic E-state index is 12.0. The van der Waals surface area contributed by atoms with E-state index in [4.69, 9.17) is 0 Å². The number of nitrogens with zero attached hydrogens (tertiary/aromatic N) is 4. The molecule has 0 bridgehead atoms. The molecule has 1 N–H and O–H groups in total. The van der Waals surface area contributed by atoms with Gasteiger partial charge in [0.15, 0.2) is 5.65 Å². The molecule has 0 saturated heterocycles. The number of aromatic nitrogens is 4. The Morgan fingerprint density at radius 3 is 2.58 bits per heavy atom. The van der Waals surface area contributed by atoms with E-state index in [0.717, 1.165) is 18.4 Å². The largest absolute Gasteiger partial charge is 0.354 e. The molecule has 3 rings (SSSR count). The normalized spacial score (nSPS) is 16.8. The van der Waals surface area contributed by atoms with Crippen molar-refractivity contribution >= 4 is 21.4 Å². The Morgan fingerprint density at radius 1 is 1.25 bits per heavy atom. The van der Waals surface area contributed by atoms with Gasteiger partial charge in [0.1, 0.15) is 0 Å². The first-order valence-electron chi connectivity index (χ1n) is 8.56. The van der Waals surface area contributed by atoms with Gasteiger partial charge < -0.3 is 5.32 Å². The molecule has 8 heteroatoms. The molecule has 0 aromatic carbocycles. The molecule has 0 unspecified atom stereocenters. The molecular formula is C16H25N5O2S. The molecular weight excluding hydrogens is 326 g/mol. The zero-order valence-electron chi connectivity index (χ0n) is 14.5. The van der Waals surface area contributed by atoms with Gasteiger partial charge in [-0.3, -0.25) is 0 Å². The summed E-state index contributed by atoms with van der Waals surface area (Å²) in [6.07, 6.45) is 9.12. The van der Waals surface area contributed by atoms with Crippen molar-refractivity contribution in [2.75, 3.05) is 18.1 Å². The molecule has 0 aliphatic heterocycles. The van der Waals surface area contributed by atoms with Crippen molar-refractivity contribution < 1.29 is 8.42 Å². The van der Waals surface area contributed by atoms with E-state index >= 15 is 0 Å². The van der Waals surface area contributed by atoms with Crippen LogP contribution in [0.25, 0.3) is 5.65 Å². The van der Waals surface area contributed by atoms with Crippen LogP contribution < -0.4 is 5.32 Å². The molecule has 7 nitrogen and oxygen atoms in total. The number of rotatable bonds is 5. The third-order valence-electron chi connectivity index (χ3n) is 4.60. The van der Waals surface area contributed by atoms with Gasteiger partial charge in [-0.2, -0.15) is 19.6 Å². The summed E-state index contributed by atoms with van der Waals surface area (Å²) in [4.78, 5) is 8.46. The third kappa shape index (κ3) is 3.53. The monoisotopic (exact) mass is 351 g/mol. The van der Waals surface area contributed by atoms with Crippen molar-refractivity contribution in [3.05, 3.63) is 11.8 Å². The standard InChI is InChI=1S/C16H25N5O2S/c1-11(2)13-10-18-21-14(13)19-16(24(3,22)23)20-15(21)17-9-12-7-5-4-6-8-12/h10-12H,4-9H2,1-3H3,(H,17,19,20). The van der Waals surface area contributed by atoms with Gasteiger partial charge in [-0.05, 0) is 24.7 Å². The van der Waals surface area contributed by atoms with Gasteiger partial charge in [0.05, 0.1) is 6.20 Å². The Balaban J connectivity index is 1.98. The molecule has 1 aliphatic rings. The molecule has 0 spiro atoms. The Hall–Kier alpha value is -1.70. The van der Waals surface area contributed by atoms with Crippen LogP contribution in [0.2, 0.25) is 0 Å². The van der Waals surface area contributed by atoms with Crippen molar-refractivity contribution in [1.82, 2.24) is 19.6 Å². The molecule has 2 aromatic rings. The van der Waals surface area contributed by atoms with Gasteiger partial charge in [0.25, 0.3) is 5.16 Å². The maximum atomic E-state index is 12.0. The topological polar surface area (TPSA) is 89.2 Å². The SMILES string of the molecule is CC(C)c1cnn2c(NCC3CCCCC3)nc(S(C)(=O)=O)nc12. The van der Waals surface area contributed by atoms with Gasteiger partial charge in [-0.1, -0.05) is 33.1 Å². The lowest BCUT2D eigenvalue weighted by molar-refractivity contribution is 0.372. The molecule has 132 valence electrons. The predicted molar refractivity (Wildman–Crippen MR) is 93.0 cm³/mol. The van der Waals surface area contributed by atoms with E-state index in [1.165, 1.54) is 32.1 Å². The van der Waals surface area contributed by atoms with Crippen LogP contribution >= 0.6 is 0 Å². The van der Waals surface area contributed by atoms with E-state index in [2.05, 4.69) is 20.4 Å². The van der Waals surface area contributed by atoms with Crippen molar-refractivity contribution in [2.24, 2.45) is 5.92 Å². The lowest BCUT2D eigenvalue weighted by Crippen LogP contribution is -2.20. The van der Waals surface area contributed by atoms with Crippen molar-refractivity contribution in [3.63, 3.8) is 0 Å². The Labute approximate surface area is 142 Å². The fraction of sp³-hybridized carbons (Fsp3) is 0.688. The van der Waals surface area contributed by atoms with E-state index in [9.17, 15) is 8.42 Å². The predicted octanol–water partition coefficient (Wildman–Crippen LogP) is 2.64. The zero-order chi connectivity index (χ0) is 17.3. The summed E-state index contributed by atoms with van der Waals surface area (Å²) in [5.74, 6) is 1.26. The minimum absolute atomic E-state index is 0.149. The molecule has 2 heterocycles. The first kappa shape index (κ1) is 17.1. The number of hydrogen-bond donors (Lipinski definition) is 1. The first-order chi connectivity index (χ1) is 11.4. The average molecular weight is 351 g/mol. The highest BCUT2D eigenvalue weighted by Gasteiger charge is 2.21. The van der Waals surface area contributed by atoms with Crippen LogP contribution in [-0.4, -0.2) is 40.8 Å². The first-order valence-corrected chi connectivity index (χ1v) is 10.4. The summed E-state index contributed by atoms with van der Waals surface area (Å²) >= 11 is 0. The second-order valence-electron chi connectivity index (χ2n) is 6.98. The van der Waals surface area contributed by atoms with Gasteiger partial charge in [0.2, 0.25) is 15.8 Å². The highest BCUT2D eigenvalue weighted by molar-refractivity contribution is 7.90. The van der Waals surface area contributed by atoms with Gasteiger partial charge >= 0.3 is 0 Å². The lowest BCUT2D eigenvalue weighted by Gasteiger charge is -2.22. The fourth-order valence-corrected chi connectivity index (χ4v) is 3.69. The van der Waals surface area contributed by atoms with Crippen LogP contribution in [0.4, 0.5) is 5.95 Å². The van der Waals surface area contributed by atoms with Crippen molar-refractivity contribution in [3.8, 4) is 0 Å². The summed E-state index contributed by atoms with van der Waals surface area (Å²) in [5.41, 5.74) is 1.48. The highest BCUT2D eigenvalue weighted by Crippen LogP contribution is 2.25. The number of anilines is 1. The quantitative estimate of drug-likeness (QED) is 0.891. The fourth-order valence-electron chi connectivity index (χ4n) is 3.19. The third-order valence-corrected chi connectivity index (χ3v) is 5.45. The van der Waals surface area contributed by atoms with Crippen LogP contribution in [0.15, 0.2) is 11.4 Å². The lowest BCUT2D eigenvalue weighted by atomic mass is 9.89. The van der Waals surface area contributed by atoms with E-state index in [0.29, 0.717) is 17.5 Å². The molecule has 0 amide bonds. The van der Waals surface area contributed by atoms with Crippen LogP contribution in [0, 0.1) is 5.92 Å². The van der Waals surface area contributed by atoms with Crippen molar-refractivity contribution in [1.29, 1.82) is 0 Å². The molecule has 0 atom stereocenters. The molecule has 1 fully saturated rings. The number of sulfone groups is 1. The summed E-state index contributed by atoms with van der Waals surface area (Å²) in [6, 6.07) is 0. The van der Waals surface area contributed by atoms with E-state index in [-0.39, 0.29) is 11.1 Å². The second kappa shape index (κ2) is 6.66. The zero-order valence-corrected chi connectivity index (χ0v) is 15.3. The van der Waals surface area contributed by atoms with Crippen LogP contribution in [0.5, 0.6) is 0 Å².